The van der Waals surface area contributed by atoms with E-state index in [-0.39, 0.29) is 12.5 Å². The van der Waals surface area contributed by atoms with Gasteiger partial charge in [0, 0.05) is 23.6 Å². The van der Waals surface area contributed by atoms with Gasteiger partial charge in [-0.3, -0.25) is 9.59 Å². The molecule has 0 aromatic heterocycles. The molecule has 0 radical (unpaired) electrons. The monoisotopic (exact) mass is 309 g/mol. The fourth-order valence-corrected chi connectivity index (χ4v) is 2.76. The first-order valence-electron chi connectivity index (χ1n) is 6.83. The standard InChI is InChI=1S/C15H19NO4S/c1-20-11-2-4-12(5-3-11)21-9-6-13(17)16-10-15(7-8-15)14(18)19/h2-5H,6-10H2,1H3,(H,16,17)(H,18,19). The molecule has 2 N–H and O–H groups in total. The fraction of sp³-hybridized carbons (Fsp3) is 0.467. The molecule has 0 heterocycles. The Balaban J connectivity index is 1.66. The second-order valence-corrected chi connectivity index (χ2v) is 6.30. The van der Waals surface area contributed by atoms with Crippen molar-refractivity contribution in [3.63, 3.8) is 0 Å². The van der Waals surface area contributed by atoms with E-state index in [1.54, 1.807) is 18.9 Å². The highest BCUT2D eigenvalue weighted by Crippen LogP contribution is 2.45. The number of hydrogen-bond acceptors (Lipinski definition) is 4. The summed E-state index contributed by atoms with van der Waals surface area (Å²) in [4.78, 5) is 23.8. The zero-order valence-corrected chi connectivity index (χ0v) is 12.7. The molecule has 114 valence electrons. The van der Waals surface area contributed by atoms with Crippen molar-refractivity contribution in [3.8, 4) is 5.75 Å². The van der Waals surface area contributed by atoms with Gasteiger partial charge in [0.2, 0.25) is 5.91 Å². The lowest BCUT2D eigenvalue weighted by molar-refractivity contribution is -0.143. The van der Waals surface area contributed by atoms with Gasteiger partial charge in [0.25, 0.3) is 0 Å². The highest BCUT2D eigenvalue weighted by molar-refractivity contribution is 7.99. The maximum absolute atomic E-state index is 11.7. The Labute approximate surface area is 128 Å². The highest BCUT2D eigenvalue weighted by atomic mass is 32.2. The van der Waals surface area contributed by atoms with Crippen LogP contribution in [0.1, 0.15) is 19.3 Å². The number of nitrogens with one attached hydrogen (secondary N) is 1. The second-order valence-electron chi connectivity index (χ2n) is 5.14. The quantitative estimate of drug-likeness (QED) is 0.720. The summed E-state index contributed by atoms with van der Waals surface area (Å²) in [5.41, 5.74) is -0.696. The molecule has 0 saturated heterocycles. The number of thioether (sulfide) groups is 1. The van der Waals surface area contributed by atoms with E-state index in [1.807, 2.05) is 24.3 Å². The molecule has 2 rings (SSSR count). The lowest BCUT2D eigenvalue weighted by Crippen LogP contribution is -2.34. The van der Waals surface area contributed by atoms with Crippen LogP contribution in [-0.4, -0.2) is 36.4 Å². The summed E-state index contributed by atoms with van der Waals surface area (Å²) in [5.74, 6) is 0.567. The molecule has 21 heavy (non-hydrogen) atoms. The van der Waals surface area contributed by atoms with Gasteiger partial charge < -0.3 is 15.2 Å². The first-order chi connectivity index (χ1) is 10.1. The van der Waals surface area contributed by atoms with E-state index in [9.17, 15) is 9.59 Å². The summed E-state index contributed by atoms with van der Waals surface area (Å²) >= 11 is 1.59. The first kappa shape index (κ1) is 15.7. The van der Waals surface area contributed by atoms with Crippen LogP contribution in [0, 0.1) is 5.41 Å². The molecule has 5 nitrogen and oxygen atoms in total. The van der Waals surface area contributed by atoms with Crippen LogP contribution in [0.2, 0.25) is 0 Å². The van der Waals surface area contributed by atoms with Crippen molar-refractivity contribution in [2.24, 2.45) is 5.41 Å². The third-order valence-electron chi connectivity index (χ3n) is 3.59. The van der Waals surface area contributed by atoms with Gasteiger partial charge in [-0.1, -0.05) is 0 Å². The second kappa shape index (κ2) is 6.85. The summed E-state index contributed by atoms with van der Waals surface area (Å²) in [5, 5.41) is 11.7. The molecule has 1 aliphatic rings. The third kappa shape index (κ3) is 4.39. The maximum Gasteiger partial charge on any atom is 0.311 e. The average Bonchev–Trinajstić information content (AvgIpc) is 3.27. The van der Waals surface area contributed by atoms with Gasteiger partial charge in [0.1, 0.15) is 5.75 Å². The largest absolute Gasteiger partial charge is 0.497 e. The molecule has 0 bridgehead atoms. The number of aliphatic carboxylic acids is 1. The van der Waals surface area contributed by atoms with Gasteiger partial charge in [-0.2, -0.15) is 0 Å². The zero-order valence-electron chi connectivity index (χ0n) is 11.9. The smallest absolute Gasteiger partial charge is 0.311 e. The number of benzene rings is 1. The lowest BCUT2D eigenvalue weighted by atomic mass is 10.1. The molecule has 6 heteroatoms. The van der Waals surface area contributed by atoms with Crippen molar-refractivity contribution >= 4 is 23.6 Å². The van der Waals surface area contributed by atoms with Gasteiger partial charge in [0.05, 0.1) is 12.5 Å². The summed E-state index contributed by atoms with van der Waals surface area (Å²) in [6.45, 7) is 0.244. The number of carboxylic acid groups (broad SMARTS) is 1. The van der Waals surface area contributed by atoms with Gasteiger partial charge in [-0.15, -0.1) is 11.8 Å². The molecule has 0 aliphatic heterocycles. The highest BCUT2D eigenvalue weighted by Gasteiger charge is 2.50. The summed E-state index contributed by atoms with van der Waals surface area (Å²) in [6.07, 6.45) is 1.69. The Morgan fingerprint density at radius 2 is 2.00 bits per heavy atom. The van der Waals surface area contributed by atoms with Crippen molar-refractivity contribution in [1.82, 2.24) is 5.32 Å². The van der Waals surface area contributed by atoms with Crippen molar-refractivity contribution < 1.29 is 19.4 Å². The number of carbonyl (C=O) groups is 2. The first-order valence-corrected chi connectivity index (χ1v) is 7.81. The minimum atomic E-state index is -0.810. The molecule has 1 fully saturated rings. The molecular formula is C15H19NO4S. The van der Waals surface area contributed by atoms with Crippen molar-refractivity contribution in [3.05, 3.63) is 24.3 Å². The molecule has 1 amide bonds. The van der Waals surface area contributed by atoms with Crippen molar-refractivity contribution in [2.75, 3.05) is 19.4 Å². The van der Waals surface area contributed by atoms with E-state index >= 15 is 0 Å². The van der Waals surface area contributed by atoms with Crippen molar-refractivity contribution in [1.29, 1.82) is 0 Å². The van der Waals surface area contributed by atoms with Crippen LogP contribution in [0.4, 0.5) is 0 Å². The van der Waals surface area contributed by atoms with E-state index < -0.39 is 11.4 Å². The van der Waals surface area contributed by atoms with E-state index in [0.29, 0.717) is 25.0 Å². The van der Waals surface area contributed by atoms with E-state index in [4.69, 9.17) is 9.84 Å². The number of carbonyl (C=O) groups excluding carboxylic acids is 1. The minimum Gasteiger partial charge on any atom is -0.497 e. The van der Waals surface area contributed by atoms with E-state index in [2.05, 4.69) is 5.32 Å². The fourth-order valence-electron chi connectivity index (χ4n) is 1.91. The van der Waals surface area contributed by atoms with Crippen LogP contribution in [0.5, 0.6) is 5.75 Å². The summed E-state index contributed by atoms with van der Waals surface area (Å²) in [7, 11) is 1.62. The Bertz CT molecular complexity index is 511. The Kier molecular flexibility index (Phi) is 5.12. The van der Waals surface area contributed by atoms with Crippen LogP contribution >= 0.6 is 11.8 Å². The van der Waals surface area contributed by atoms with E-state index in [1.165, 1.54) is 0 Å². The van der Waals surface area contributed by atoms with Gasteiger partial charge >= 0.3 is 5.97 Å². The van der Waals surface area contributed by atoms with Gasteiger partial charge in [-0.25, -0.2) is 0 Å². The number of amides is 1. The van der Waals surface area contributed by atoms with Crippen LogP contribution in [0.15, 0.2) is 29.2 Å². The predicted molar refractivity (Wildman–Crippen MR) is 80.6 cm³/mol. The number of hydrogen-bond donors (Lipinski definition) is 2. The van der Waals surface area contributed by atoms with Crippen LogP contribution in [0.25, 0.3) is 0 Å². The minimum absolute atomic E-state index is 0.0939. The molecule has 1 aromatic carbocycles. The molecule has 1 aliphatic carbocycles. The normalized spacial score (nSPS) is 15.3. The van der Waals surface area contributed by atoms with Crippen molar-refractivity contribution in [2.45, 2.75) is 24.2 Å². The predicted octanol–water partition coefficient (Wildman–Crippen LogP) is 2.16. The Morgan fingerprint density at radius 1 is 1.33 bits per heavy atom. The zero-order chi connectivity index (χ0) is 15.3. The molecule has 0 unspecified atom stereocenters. The van der Waals surface area contributed by atoms with Gasteiger partial charge in [-0.05, 0) is 37.1 Å². The topological polar surface area (TPSA) is 75.6 Å². The SMILES string of the molecule is COc1ccc(SCCC(=O)NCC2(C(=O)O)CC2)cc1. The maximum atomic E-state index is 11.7. The number of rotatable bonds is 8. The summed E-state index contributed by atoms with van der Waals surface area (Å²) in [6, 6.07) is 7.66. The number of ether oxygens (including phenoxy) is 1. The average molecular weight is 309 g/mol. The molecular weight excluding hydrogens is 290 g/mol. The molecule has 0 atom stereocenters. The van der Waals surface area contributed by atoms with E-state index in [0.717, 1.165) is 10.6 Å². The Morgan fingerprint density at radius 3 is 2.52 bits per heavy atom. The third-order valence-corrected chi connectivity index (χ3v) is 4.60. The van der Waals surface area contributed by atoms with Gasteiger partial charge in [0.15, 0.2) is 0 Å². The summed E-state index contributed by atoms with van der Waals surface area (Å²) < 4.78 is 5.08. The molecule has 1 aromatic rings. The number of carboxylic acids is 1. The Hall–Kier alpha value is -1.69. The van der Waals surface area contributed by atoms with Crippen LogP contribution in [-0.2, 0) is 9.59 Å². The molecule has 1 saturated carbocycles. The molecule has 0 spiro atoms. The number of methoxy groups -OCH3 is 1. The van der Waals surface area contributed by atoms with Crippen LogP contribution < -0.4 is 10.1 Å². The lowest BCUT2D eigenvalue weighted by Gasteiger charge is -2.11. The van der Waals surface area contributed by atoms with Crippen LogP contribution in [0.3, 0.4) is 0 Å².